The predicted octanol–water partition coefficient (Wildman–Crippen LogP) is 4.06. The molecule has 1 atom stereocenters. The lowest BCUT2D eigenvalue weighted by Gasteiger charge is -2.19. The highest BCUT2D eigenvalue weighted by Gasteiger charge is 2.16. The second-order valence-corrected chi connectivity index (χ2v) is 5.66. The molecule has 0 spiro atoms. The van der Waals surface area contributed by atoms with Crippen molar-refractivity contribution in [1.82, 2.24) is 15.4 Å². The van der Waals surface area contributed by atoms with Crippen LogP contribution in [0.1, 0.15) is 62.8 Å². The van der Waals surface area contributed by atoms with Crippen molar-refractivity contribution in [1.29, 1.82) is 0 Å². The van der Waals surface area contributed by atoms with Gasteiger partial charge in [-0.2, -0.15) is 15.4 Å². The molecule has 1 aromatic carbocycles. The van der Waals surface area contributed by atoms with Crippen molar-refractivity contribution in [3.8, 4) is 5.75 Å². The summed E-state index contributed by atoms with van der Waals surface area (Å²) < 4.78 is 5.75. The Morgan fingerprint density at radius 2 is 2.05 bits per heavy atom. The minimum absolute atomic E-state index is 0.455. The Hall–Kier alpha value is -1.84. The molecule has 0 fully saturated rings. The zero-order valence-electron chi connectivity index (χ0n) is 13.4. The highest BCUT2D eigenvalue weighted by Crippen LogP contribution is 2.32. The summed E-state index contributed by atoms with van der Waals surface area (Å²) in [6.45, 7) is 9.36. The summed E-state index contributed by atoms with van der Waals surface area (Å²) in [6, 6.07) is 6.59. The first-order valence-corrected chi connectivity index (χ1v) is 7.76. The molecule has 114 valence electrons. The number of H-pyrrole nitrogens is 1. The number of benzene rings is 1. The molecule has 0 aliphatic rings. The van der Waals surface area contributed by atoms with Crippen LogP contribution in [0.5, 0.6) is 5.75 Å². The molecule has 1 unspecified atom stereocenters. The zero-order chi connectivity index (χ0) is 15.2. The zero-order valence-corrected chi connectivity index (χ0v) is 13.4. The molecule has 1 heterocycles. The fourth-order valence-corrected chi connectivity index (χ4v) is 2.63. The van der Waals surface area contributed by atoms with Gasteiger partial charge in [-0.05, 0) is 48.8 Å². The fraction of sp³-hybridized carbons (Fsp3) is 0.529. The lowest BCUT2D eigenvalue weighted by molar-refractivity contribution is 0.335. The van der Waals surface area contributed by atoms with Crippen molar-refractivity contribution in [2.75, 3.05) is 6.61 Å². The molecule has 0 amide bonds. The molecule has 0 saturated heterocycles. The summed E-state index contributed by atoms with van der Waals surface area (Å²) in [6.07, 6.45) is 3.80. The lowest BCUT2D eigenvalue weighted by Crippen LogP contribution is -2.05. The monoisotopic (exact) mass is 287 g/mol. The van der Waals surface area contributed by atoms with Gasteiger partial charge in [0.1, 0.15) is 5.75 Å². The summed E-state index contributed by atoms with van der Waals surface area (Å²) >= 11 is 0. The molecule has 1 N–H and O–H groups in total. The first-order valence-electron chi connectivity index (χ1n) is 7.76. The van der Waals surface area contributed by atoms with Gasteiger partial charge in [0.2, 0.25) is 0 Å². The van der Waals surface area contributed by atoms with Gasteiger partial charge in [-0.3, -0.25) is 0 Å². The van der Waals surface area contributed by atoms with Gasteiger partial charge in [-0.1, -0.05) is 32.9 Å². The minimum Gasteiger partial charge on any atom is -0.494 e. The predicted molar refractivity (Wildman–Crippen MR) is 84.8 cm³/mol. The van der Waals surface area contributed by atoms with E-state index in [9.17, 15) is 0 Å². The molecule has 1 aromatic heterocycles. The van der Waals surface area contributed by atoms with Crippen LogP contribution in [0.25, 0.3) is 0 Å². The maximum atomic E-state index is 5.75. The summed E-state index contributed by atoms with van der Waals surface area (Å²) in [5, 5.41) is 10.8. The van der Waals surface area contributed by atoms with Gasteiger partial charge in [0.05, 0.1) is 18.5 Å². The number of hydrogen-bond donors (Lipinski definition) is 1. The van der Waals surface area contributed by atoms with E-state index in [1.165, 1.54) is 11.1 Å². The molecule has 0 aliphatic heterocycles. The number of aromatic nitrogens is 3. The van der Waals surface area contributed by atoms with Crippen molar-refractivity contribution in [2.24, 2.45) is 0 Å². The number of aromatic amines is 1. The molecule has 21 heavy (non-hydrogen) atoms. The van der Waals surface area contributed by atoms with Gasteiger partial charge in [0.15, 0.2) is 0 Å². The van der Waals surface area contributed by atoms with E-state index in [-0.39, 0.29) is 0 Å². The van der Waals surface area contributed by atoms with Gasteiger partial charge >= 0.3 is 0 Å². The van der Waals surface area contributed by atoms with Gasteiger partial charge in [-0.15, -0.1) is 0 Å². The summed E-state index contributed by atoms with van der Waals surface area (Å²) in [7, 11) is 0. The van der Waals surface area contributed by atoms with E-state index >= 15 is 0 Å². The van der Waals surface area contributed by atoms with Crippen LogP contribution in [0.4, 0.5) is 0 Å². The van der Waals surface area contributed by atoms with E-state index in [2.05, 4.69) is 54.4 Å². The molecule has 0 saturated carbocycles. The van der Waals surface area contributed by atoms with Crippen LogP contribution in [0.15, 0.2) is 24.4 Å². The second kappa shape index (κ2) is 7.25. The van der Waals surface area contributed by atoms with Crippen molar-refractivity contribution in [3.05, 3.63) is 41.2 Å². The summed E-state index contributed by atoms with van der Waals surface area (Å²) in [5.41, 5.74) is 3.66. The van der Waals surface area contributed by atoms with Crippen LogP contribution >= 0.6 is 0 Å². The van der Waals surface area contributed by atoms with Crippen molar-refractivity contribution in [2.45, 2.75) is 52.4 Å². The Bertz CT molecular complexity index is 549. The van der Waals surface area contributed by atoms with Crippen molar-refractivity contribution in [3.63, 3.8) is 0 Å². The highest BCUT2D eigenvalue weighted by molar-refractivity contribution is 5.40. The van der Waals surface area contributed by atoms with E-state index in [0.29, 0.717) is 18.4 Å². The molecular formula is C17H25N3O. The number of ether oxygens (including phenoxy) is 1. The van der Waals surface area contributed by atoms with Gasteiger partial charge in [-0.25, -0.2) is 0 Å². The molecule has 0 bridgehead atoms. The third kappa shape index (κ3) is 3.84. The van der Waals surface area contributed by atoms with Gasteiger partial charge in [0, 0.05) is 0 Å². The molecule has 4 heteroatoms. The van der Waals surface area contributed by atoms with Gasteiger partial charge < -0.3 is 4.74 Å². The first kappa shape index (κ1) is 15.5. The maximum Gasteiger partial charge on any atom is 0.122 e. The third-order valence-electron chi connectivity index (χ3n) is 3.84. The molecule has 0 aliphatic carbocycles. The maximum absolute atomic E-state index is 5.75. The summed E-state index contributed by atoms with van der Waals surface area (Å²) in [5.74, 6) is 1.92. The van der Waals surface area contributed by atoms with Crippen LogP contribution in [-0.2, 0) is 6.42 Å². The topological polar surface area (TPSA) is 50.8 Å². The van der Waals surface area contributed by atoms with Crippen molar-refractivity contribution >= 4 is 0 Å². The molecule has 2 rings (SSSR count). The standard InChI is InChI=1S/C17H25N3O/c1-5-13(9-15-11-18-20-19-15)14-7-8-17(21-6-2)16(10-14)12(3)4/h7-8,10-13H,5-6,9H2,1-4H3,(H,18,19,20). The number of rotatable bonds is 7. The Labute approximate surface area is 126 Å². The van der Waals surface area contributed by atoms with Crippen LogP contribution in [0.3, 0.4) is 0 Å². The van der Waals surface area contributed by atoms with Crippen molar-refractivity contribution < 1.29 is 4.74 Å². The minimum atomic E-state index is 0.455. The first-order chi connectivity index (χ1) is 10.2. The number of nitrogens with zero attached hydrogens (tertiary/aromatic N) is 2. The van der Waals surface area contributed by atoms with Crippen LogP contribution < -0.4 is 4.74 Å². The normalized spacial score (nSPS) is 12.6. The van der Waals surface area contributed by atoms with E-state index in [0.717, 1.165) is 24.3 Å². The van der Waals surface area contributed by atoms with Crippen LogP contribution in [-0.4, -0.2) is 22.0 Å². The number of nitrogens with one attached hydrogen (secondary N) is 1. The van der Waals surface area contributed by atoms with E-state index in [1.807, 2.05) is 6.92 Å². The highest BCUT2D eigenvalue weighted by atomic mass is 16.5. The molecule has 0 radical (unpaired) electrons. The quantitative estimate of drug-likeness (QED) is 0.835. The Morgan fingerprint density at radius 3 is 2.62 bits per heavy atom. The lowest BCUT2D eigenvalue weighted by atomic mass is 9.89. The Morgan fingerprint density at radius 1 is 1.24 bits per heavy atom. The third-order valence-corrected chi connectivity index (χ3v) is 3.84. The van der Waals surface area contributed by atoms with Gasteiger partial charge in [0.25, 0.3) is 0 Å². The average molecular weight is 287 g/mol. The van der Waals surface area contributed by atoms with Crippen LogP contribution in [0, 0.1) is 0 Å². The SMILES string of the molecule is CCOc1ccc(C(CC)Cc2cn[nH]n2)cc1C(C)C. The Kier molecular flexibility index (Phi) is 5.37. The van der Waals surface area contributed by atoms with E-state index < -0.39 is 0 Å². The number of hydrogen-bond acceptors (Lipinski definition) is 3. The summed E-state index contributed by atoms with van der Waals surface area (Å²) in [4.78, 5) is 0. The van der Waals surface area contributed by atoms with E-state index in [4.69, 9.17) is 4.74 Å². The van der Waals surface area contributed by atoms with E-state index in [1.54, 1.807) is 6.20 Å². The average Bonchev–Trinajstić information content (AvgIpc) is 2.98. The molecule has 4 nitrogen and oxygen atoms in total. The van der Waals surface area contributed by atoms with Crippen LogP contribution in [0.2, 0.25) is 0 Å². The largest absolute Gasteiger partial charge is 0.494 e. The second-order valence-electron chi connectivity index (χ2n) is 5.66. The fourth-order valence-electron chi connectivity index (χ4n) is 2.63. The molecule has 2 aromatic rings. The Balaban J connectivity index is 2.26. The molecular weight excluding hydrogens is 262 g/mol. The smallest absolute Gasteiger partial charge is 0.122 e.